The van der Waals surface area contributed by atoms with E-state index in [1.165, 1.54) is 0 Å². The number of alkyl carbamates (subject to hydrolysis) is 1. The van der Waals surface area contributed by atoms with Gasteiger partial charge in [-0.25, -0.2) is 9.59 Å². The van der Waals surface area contributed by atoms with Crippen LogP contribution in [0.2, 0.25) is 0 Å². The molecule has 1 aliphatic carbocycles. The lowest BCUT2D eigenvalue weighted by molar-refractivity contribution is -0.164. The van der Waals surface area contributed by atoms with Gasteiger partial charge in [0.05, 0.1) is 25.2 Å². The van der Waals surface area contributed by atoms with Crippen molar-refractivity contribution in [2.24, 2.45) is 5.92 Å². The minimum Gasteiger partial charge on any atom is -0.477 e. The van der Waals surface area contributed by atoms with Crippen LogP contribution in [0.4, 0.5) is 13.6 Å². The number of aliphatic carboxylic acids is 1. The van der Waals surface area contributed by atoms with Crippen LogP contribution in [0, 0.1) is 5.92 Å². The molecule has 2 aromatic carbocycles. The van der Waals surface area contributed by atoms with Crippen molar-refractivity contribution in [2.45, 2.75) is 24.4 Å². The van der Waals surface area contributed by atoms with Crippen molar-refractivity contribution < 1.29 is 37.7 Å². The van der Waals surface area contributed by atoms with Crippen molar-refractivity contribution in [3.05, 3.63) is 59.7 Å². The molecule has 0 saturated carbocycles. The summed E-state index contributed by atoms with van der Waals surface area (Å²) < 4.78 is 37.1. The first-order valence-corrected chi connectivity index (χ1v) is 10.9. The van der Waals surface area contributed by atoms with Gasteiger partial charge in [-0.2, -0.15) is 8.78 Å². The Bertz CT molecular complexity index is 1050. The number of fused-ring (bicyclic) bond motifs is 3. The van der Waals surface area contributed by atoms with Crippen LogP contribution in [0.5, 0.6) is 0 Å². The summed E-state index contributed by atoms with van der Waals surface area (Å²) in [6, 6.07) is 16.0. The van der Waals surface area contributed by atoms with Crippen LogP contribution in [0.15, 0.2) is 48.5 Å². The molecule has 34 heavy (non-hydrogen) atoms. The number of carboxylic acid groups (broad SMARTS) is 1. The van der Waals surface area contributed by atoms with Gasteiger partial charge in [0, 0.05) is 12.5 Å². The maximum absolute atomic E-state index is 13.1. The number of alkyl halides is 2. The van der Waals surface area contributed by atoms with Crippen molar-refractivity contribution in [1.29, 1.82) is 0 Å². The summed E-state index contributed by atoms with van der Waals surface area (Å²) in [7, 11) is 0. The number of carbonyl (C=O) groups excluding carboxylic acids is 2. The molecule has 2 atom stereocenters. The molecular formula is C24H24F2N2O6. The Balaban J connectivity index is 1.23. The first-order valence-electron chi connectivity index (χ1n) is 10.9. The first kappa shape index (κ1) is 23.6. The van der Waals surface area contributed by atoms with Crippen LogP contribution in [0.3, 0.4) is 0 Å². The predicted molar refractivity (Wildman–Crippen MR) is 117 cm³/mol. The number of hydrogen-bond donors (Lipinski definition) is 3. The number of benzene rings is 2. The second kappa shape index (κ2) is 9.76. The smallest absolute Gasteiger partial charge is 0.407 e. The Morgan fingerprint density at radius 3 is 2.26 bits per heavy atom. The van der Waals surface area contributed by atoms with Crippen molar-refractivity contribution >= 4 is 18.0 Å². The maximum atomic E-state index is 13.1. The van der Waals surface area contributed by atoms with E-state index in [-0.39, 0.29) is 32.1 Å². The second-order valence-electron chi connectivity index (χ2n) is 8.32. The highest BCUT2D eigenvalue weighted by atomic mass is 19.3. The number of carboxylic acids is 1. The minimum absolute atomic E-state index is 0.0124. The van der Waals surface area contributed by atoms with Gasteiger partial charge in [0.15, 0.2) is 0 Å². The number of ether oxygens (including phenoxy) is 2. The Morgan fingerprint density at radius 2 is 1.65 bits per heavy atom. The van der Waals surface area contributed by atoms with E-state index in [2.05, 4.69) is 5.32 Å². The summed E-state index contributed by atoms with van der Waals surface area (Å²) in [5.41, 5.74) is 4.43. The van der Waals surface area contributed by atoms with Crippen LogP contribution < -0.4 is 10.6 Å². The fourth-order valence-corrected chi connectivity index (χ4v) is 4.30. The molecule has 0 aromatic heterocycles. The van der Waals surface area contributed by atoms with Crippen molar-refractivity contribution in [2.75, 3.05) is 26.3 Å². The Morgan fingerprint density at radius 1 is 1.03 bits per heavy atom. The van der Waals surface area contributed by atoms with E-state index in [0.717, 1.165) is 22.3 Å². The first-order chi connectivity index (χ1) is 16.3. The lowest BCUT2D eigenvalue weighted by Gasteiger charge is -2.16. The number of carbonyl (C=O) groups is 3. The molecule has 10 heteroatoms. The van der Waals surface area contributed by atoms with Crippen LogP contribution in [-0.2, 0) is 19.1 Å². The SMILES string of the molecule is O=C(NCC1CC(C(=O)NCC(F)(F)C(=O)O)CO1)OCC1c2ccccc2-c2ccccc21. The average molecular weight is 474 g/mol. The fourth-order valence-electron chi connectivity index (χ4n) is 4.30. The van der Waals surface area contributed by atoms with Crippen molar-refractivity contribution in [3.8, 4) is 11.1 Å². The predicted octanol–water partition coefficient (Wildman–Crippen LogP) is 2.77. The molecule has 8 nitrogen and oxygen atoms in total. The maximum Gasteiger partial charge on any atom is 0.407 e. The number of hydrogen-bond acceptors (Lipinski definition) is 5. The summed E-state index contributed by atoms with van der Waals surface area (Å²) in [6.07, 6.45) is -0.913. The largest absolute Gasteiger partial charge is 0.477 e. The van der Waals surface area contributed by atoms with Crippen molar-refractivity contribution in [1.82, 2.24) is 10.6 Å². The normalized spacial score (nSPS) is 19.2. The molecule has 2 unspecified atom stereocenters. The fraction of sp³-hybridized carbons (Fsp3) is 0.375. The van der Waals surface area contributed by atoms with Crippen LogP contribution in [-0.4, -0.2) is 61.4 Å². The van der Waals surface area contributed by atoms with Crippen LogP contribution in [0.1, 0.15) is 23.5 Å². The number of nitrogens with one attached hydrogen (secondary N) is 2. The summed E-state index contributed by atoms with van der Waals surface area (Å²) in [5, 5.41) is 13.0. The van der Waals surface area contributed by atoms with Gasteiger partial charge in [-0.05, 0) is 28.7 Å². The molecule has 0 spiro atoms. The van der Waals surface area contributed by atoms with Crippen LogP contribution >= 0.6 is 0 Å². The highest BCUT2D eigenvalue weighted by Crippen LogP contribution is 2.44. The Labute approximate surface area is 194 Å². The zero-order chi connectivity index (χ0) is 24.3. The van der Waals surface area contributed by atoms with Gasteiger partial charge in [-0.1, -0.05) is 48.5 Å². The highest BCUT2D eigenvalue weighted by molar-refractivity contribution is 5.81. The third-order valence-corrected chi connectivity index (χ3v) is 6.07. The number of rotatable bonds is 8. The molecule has 2 aliphatic rings. The van der Waals surface area contributed by atoms with Gasteiger partial charge in [0.25, 0.3) is 0 Å². The molecule has 0 radical (unpaired) electrons. The van der Waals surface area contributed by atoms with Crippen LogP contribution in [0.25, 0.3) is 11.1 Å². The van der Waals surface area contributed by atoms with Gasteiger partial charge in [-0.3, -0.25) is 4.79 Å². The third-order valence-electron chi connectivity index (χ3n) is 6.07. The Kier molecular flexibility index (Phi) is 6.78. The third kappa shape index (κ3) is 5.01. The second-order valence-corrected chi connectivity index (χ2v) is 8.32. The minimum atomic E-state index is -4.04. The van der Waals surface area contributed by atoms with E-state index in [0.29, 0.717) is 0 Å². The number of amides is 2. The summed E-state index contributed by atoms with van der Waals surface area (Å²) in [4.78, 5) is 34.7. The summed E-state index contributed by atoms with van der Waals surface area (Å²) in [6.45, 7) is -1.05. The quantitative estimate of drug-likeness (QED) is 0.542. The van der Waals surface area contributed by atoms with E-state index < -0.39 is 42.5 Å². The molecule has 180 valence electrons. The lowest BCUT2D eigenvalue weighted by Crippen LogP contribution is -2.44. The topological polar surface area (TPSA) is 114 Å². The number of halogens is 2. The van der Waals surface area contributed by atoms with Crippen molar-refractivity contribution in [3.63, 3.8) is 0 Å². The van der Waals surface area contributed by atoms with Gasteiger partial charge in [0.2, 0.25) is 5.91 Å². The molecule has 4 rings (SSSR count). The van der Waals surface area contributed by atoms with E-state index in [4.69, 9.17) is 14.6 Å². The Hall–Kier alpha value is -3.53. The van der Waals surface area contributed by atoms with Gasteiger partial charge >= 0.3 is 18.0 Å². The molecule has 2 amide bonds. The van der Waals surface area contributed by atoms with E-state index in [1.54, 1.807) is 0 Å². The lowest BCUT2D eigenvalue weighted by atomic mass is 9.98. The molecule has 3 N–H and O–H groups in total. The van der Waals surface area contributed by atoms with Gasteiger partial charge < -0.3 is 25.2 Å². The monoisotopic (exact) mass is 474 g/mol. The van der Waals surface area contributed by atoms with E-state index in [9.17, 15) is 23.2 Å². The molecule has 1 saturated heterocycles. The van der Waals surface area contributed by atoms with E-state index in [1.807, 2.05) is 53.8 Å². The highest BCUT2D eigenvalue weighted by Gasteiger charge is 2.40. The van der Waals surface area contributed by atoms with Gasteiger partial charge in [0.1, 0.15) is 6.61 Å². The molecular weight excluding hydrogens is 450 g/mol. The van der Waals surface area contributed by atoms with Gasteiger partial charge in [-0.15, -0.1) is 0 Å². The zero-order valence-corrected chi connectivity index (χ0v) is 18.1. The zero-order valence-electron chi connectivity index (χ0n) is 18.1. The summed E-state index contributed by atoms with van der Waals surface area (Å²) >= 11 is 0. The molecule has 0 bridgehead atoms. The summed E-state index contributed by atoms with van der Waals surface area (Å²) in [5.74, 6) is -7.85. The average Bonchev–Trinajstić information content (AvgIpc) is 3.43. The van der Waals surface area contributed by atoms with E-state index >= 15 is 0 Å². The molecule has 1 fully saturated rings. The standard InChI is InChI=1S/C24H24F2N2O6/c25-24(26,22(30)31)13-28-21(29)14-9-15(33-11-14)10-27-23(32)34-12-20-18-7-3-1-5-16(18)17-6-2-4-8-19(17)20/h1-8,14-15,20H,9-13H2,(H,27,32)(H,28,29)(H,30,31). The molecule has 1 aliphatic heterocycles. The molecule has 2 aromatic rings. The molecule has 1 heterocycles.